The third kappa shape index (κ3) is 3.98. The van der Waals surface area contributed by atoms with Gasteiger partial charge in [-0.05, 0) is 48.5 Å². The van der Waals surface area contributed by atoms with E-state index in [1.54, 1.807) is 54.6 Å². The van der Waals surface area contributed by atoms with Gasteiger partial charge in [0, 0.05) is 16.7 Å². The highest BCUT2D eigenvalue weighted by Crippen LogP contribution is 2.37. The number of hydrogen-bond donors (Lipinski definition) is 1. The molecule has 0 atom stereocenters. The molecule has 0 radical (unpaired) electrons. The van der Waals surface area contributed by atoms with E-state index in [4.69, 9.17) is 33.3 Å². The second-order valence-corrected chi connectivity index (χ2v) is 8.19. The smallest absolute Gasteiger partial charge is 0.335 e. The van der Waals surface area contributed by atoms with Crippen LogP contribution in [0.4, 0.5) is 5.69 Å². The summed E-state index contributed by atoms with van der Waals surface area (Å²) in [5, 5.41) is 9.56. The molecule has 29 heavy (non-hydrogen) atoms. The fourth-order valence-electron chi connectivity index (χ4n) is 2.77. The monoisotopic (exact) mass is 441 g/mol. The van der Waals surface area contributed by atoms with E-state index in [2.05, 4.69) is 0 Å². The van der Waals surface area contributed by atoms with Crippen molar-refractivity contribution in [3.63, 3.8) is 0 Å². The molecule has 1 fully saturated rings. The number of aromatic carboxylic acids is 1. The predicted octanol–water partition coefficient (Wildman–Crippen LogP) is 5.70. The molecule has 2 aromatic carbocycles. The summed E-state index contributed by atoms with van der Waals surface area (Å²) in [6.07, 6.45) is 1.64. The average Bonchev–Trinajstić information content (AvgIpc) is 3.28. The van der Waals surface area contributed by atoms with E-state index in [-0.39, 0.29) is 11.5 Å². The molecule has 144 valence electrons. The number of rotatable bonds is 4. The number of carbonyl (C=O) groups excluding carboxylic acids is 1. The van der Waals surface area contributed by atoms with Crippen molar-refractivity contribution >= 4 is 63.5 Å². The quantitative estimate of drug-likeness (QED) is 0.413. The van der Waals surface area contributed by atoms with Crippen molar-refractivity contribution in [2.45, 2.75) is 0 Å². The van der Waals surface area contributed by atoms with E-state index in [1.807, 2.05) is 0 Å². The Labute approximate surface area is 180 Å². The number of carboxylic acids is 1. The first kappa shape index (κ1) is 19.4. The lowest BCUT2D eigenvalue weighted by Gasteiger charge is -2.14. The lowest BCUT2D eigenvalue weighted by molar-refractivity contribution is -0.113. The zero-order valence-corrected chi connectivity index (χ0v) is 17.1. The number of thiocarbonyl (C=S) groups is 1. The Morgan fingerprint density at radius 2 is 1.76 bits per heavy atom. The van der Waals surface area contributed by atoms with Gasteiger partial charge in [-0.3, -0.25) is 9.69 Å². The number of carbonyl (C=O) groups is 2. The minimum absolute atomic E-state index is 0.200. The molecule has 0 aliphatic carbocycles. The second kappa shape index (κ2) is 7.87. The SMILES string of the molecule is O=C(O)c1ccc(-c2ccc(/C=C3\SC(=S)N(c4ccc(Cl)cc4)C3=O)o2)cc1. The van der Waals surface area contributed by atoms with Crippen molar-refractivity contribution in [2.24, 2.45) is 0 Å². The Balaban J connectivity index is 1.57. The van der Waals surface area contributed by atoms with Gasteiger partial charge in [0.15, 0.2) is 4.32 Å². The zero-order chi connectivity index (χ0) is 20.5. The van der Waals surface area contributed by atoms with Crippen LogP contribution in [0.15, 0.2) is 70.0 Å². The van der Waals surface area contributed by atoms with Crippen LogP contribution in [0.5, 0.6) is 0 Å². The summed E-state index contributed by atoms with van der Waals surface area (Å²) >= 11 is 12.5. The molecule has 1 aliphatic rings. The summed E-state index contributed by atoms with van der Waals surface area (Å²) in [7, 11) is 0. The summed E-state index contributed by atoms with van der Waals surface area (Å²) in [6.45, 7) is 0. The fourth-order valence-corrected chi connectivity index (χ4v) is 4.18. The third-order valence-corrected chi connectivity index (χ3v) is 5.75. The minimum atomic E-state index is -0.987. The summed E-state index contributed by atoms with van der Waals surface area (Å²) in [5.41, 5.74) is 1.59. The molecular weight excluding hydrogens is 430 g/mol. The number of carboxylic acid groups (broad SMARTS) is 1. The molecule has 1 aromatic heterocycles. The number of anilines is 1. The molecule has 0 unspecified atom stereocenters. The predicted molar refractivity (Wildman–Crippen MR) is 118 cm³/mol. The fraction of sp³-hybridized carbons (Fsp3) is 0. The third-order valence-electron chi connectivity index (χ3n) is 4.20. The van der Waals surface area contributed by atoms with Crippen molar-refractivity contribution in [1.29, 1.82) is 0 Å². The first-order valence-electron chi connectivity index (χ1n) is 8.39. The molecule has 0 bridgehead atoms. The molecule has 1 N–H and O–H groups in total. The van der Waals surface area contributed by atoms with Crippen LogP contribution in [0, 0.1) is 0 Å². The standard InChI is InChI=1S/C21H12ClNO4S2/c22-14-5-7-15(8-6-14)23-19(24)18(29-21(23)28)11-16-9-10-17(27-16)12-1-3-13(4-2-12)20(25)26/h1-11H,(H,25,26)/b18-11-. The number of thioether (sulfide) groups is 1. The van der Waals surface area contributed by atoms with Crippen molar-refractivity contribution in [3.8, 4) is 11.3 Å². The Hall–Kier alpha value is -2.87. The largest absolute Gasteiger partial charge is 0.478 e. The van der Waals surface area contributed by atoms with Gasteiger partial charge in [0.05, 0.1) is 16.2 Å². The molecule has 5 nitrogen and oxygen atoms in total. The van der Waals surface area contributed by atoms with Crippen molar-refractivity contribution < 1.29 is 19.1 Å². The van der Waals surface area contributed by atoms with Crippen LogP contribution in [-0.2, 0) is 4.79 Å². The van der Waals surface area contributed by atoms with Gasteiger partial charge in [-0.2, -0.15) is 0 Å². The summed E-state index contributed by atoms with van der Waals surface area (Å²) in [5.74, 6) is -0.147. The van der Waals surface area contributed by atoms with Gasteiger partial charge in [-0.25, -0.2) is 4.79 Å². The molecule has 1 saturated heterocycles. The van der Waals surface area contributed by atoms with Crippen LogP contribution in [0.25, 0.3) is 17.4 Å². The molecule has 0 saturated carbocycles. The van der Waals surface area contributed by atoms with E-state index >= 15 is 0 Å². The van der Waals surface area contributed by atoms with Crippen LogP contribution in [0.2, 0.25) is 5.02 Å². The number of furan rings is 1. The lowest BCUT2D eigenvalue weighted by Crippen LogP contribution is -2.27. The number of amides is 1. The first-order chi connectivity index (χ1) is 13.9. The van der Waals surface area contributed by atoms with Crippen LogP contribution >= 0.6 is 35.6 Å². The number of halogens is 1. The summed E-state index contributed by atoms with van der Waals surface area (Å²) < 4.78 is 6.23. The highest BCUT2D eigenvalue weighted by Gasteiger charge is 2.33. The molecule has 3 aromatic rings. The molecule has 8 heteroatoms. The maximum absolute atomic E-state index is 12.8. The van der Waals surface area contributed by atoms with Gasteiger partial charge >= 0.3 is 5.97 Å². The maximum Gasteiger partial charge on any atom is 0.335 e. The van der Waals surface area contributed by atoms with Gasteiger partial charge in [-0.1, -0.05) is 47.7 Å². The number of benzene rings is 2. The normalized spacial score (nSPS) is 15.3. The van der Waals surface area contributed by atoms with Crippen molar-refractivity contribution in [1.82, 2.24) is 0 Å². The lowest BCUT2D eigenvalue weighted by atomic mass is 10.1. The van der Waals surface area contributed by atoms with Crippen LogP contribution < -0.4 is 4.90 Å². The van der Waals surface area contributed by atoms with E-state index in [0.29, 0.717) is 31.5 Å². The topological polar surface area (TPSA) is 70.8 Å². The Morgan fingerprint density at radius 3 is 2.41 bits per heavy atom. The Kier molecular flexibility index (Phi) is 5.27. The van der Waals surface area contributed by atoms with Gasteiger partial charge < -0.3 is 9.52 Å². The van der Waals surface area contributed by atoms with Crippen molar-refractivity contribution in [3.05, 3.63) is 81.9 Å². The van der Waals surface area contributed by atoms with Gasteiger partial charge in [0.25, 0.3) is 5.91 Å². The molecule has 0 spiro atoms. The number of hydrogen-bond acceptors (Lipinski definition) is 5. The molecular formula is C21H12ClNO4S2. The first-order valence-corrected chi connectivity index (χ1v) is 10.00. The molecule has 4 rings (SSSR count). The van der Waals surface area contributed by atoms with Gasteiger partial charge in [-0.15, -0.1) is 0 Å². The van der Waals surface area contributed by atoms with Crippen LogP contribution in [-0.4, -0.2) is 21.3 Å². The van der Waals surface area contributed by atoms with E-state index in [1.165, 1.54) is 28.8 Å². The second-order valence-electron chi connectivity index (χ2n) is 6.08. The van der Waals surface area contributed by atoms with Gasteiger partial charge in [0.2, 0.25) is 0 Å². The molecule has 1 aliphatic heterocycles. The van der Waals surface area contributed by atoms with E-state index in [9.17, 15) is 9.59 Å². The Morgan fingerprint density at radius 1 is 1.07 bits per heavy atom. The van der Waals surface area contributed by atoms with Crippen LogP contribution in [0.1, 0.15) is 16.1 Å². The average molecular weight is 442 g/mol. The number of nitrogens with zero attached hydrogens (tertiary/aromatic N) is 1. The van der Waals surface area contributed by atoms with Crippen molar-refractivity contribution in [2.75, 3.05) is 4.90 Å². The Bertz CT molecular complexity index is 1150. The zero-order valence-electron chi connectivity index (χ0n) is 14.7. The summed E-state index contributed by atoms with van der Waals surface area (Å²) in [4.78, 5) is 25.7. The van der Waals surface area contributed by atoms with Crippen LogP contribution in [0.3, 0.4) is 0 Å². The maximum atomic E-state index is 12.8. The van der Waals surface area contributed by atoms with E-state index in [0.717, 1.165) is 5.56 Å². The minimum Gasteiger partial charge on any atom is -0.478 e. The van der Waals surface area contributed by atoms with E-state index < -0.39 is 5.97 Å². The highest BCUT2D eigenvalue weighted by atomic mass is 35.5. The molecule has 2 heterocycles. The van der Waals surface area contributed by atoms with Gasteiger partial charge in [0.1, 0.15) is 11.5 Å². The highest BCUT2D eigenvalue weighted by molar-refractivity contribution is 8.27. The molecule has 1 amide bonds. The summed E-state index contributed by atoms with van der Waals surface area (Å²) in [6, 6.07) is 16.8.